The molecule has 1 aromatic heterocycles. The molecular weight excluding hydrogens is 352 g/mol. The maximum Gasteiger partial charge on any atom is 0.336 e. The molecule has 1 atom stereocenters. The van der Waals surface area contributed by atoms with Crippen molar-refractivity contribution in [3.63, 3.8) is 0 Å². The highest BCUT2D eigenvalue weighted by molar-refractivity contribution is 5.89. The normalized spacial score (nSPS) is 19.9. The number of carbonyl (C=O) groups excluding carboxylic acids is 1. The van der Waals surface area contributed by atoms with Crippen molar-refractivity contribution in [1.29, 1.82) is 0 Å². The van der Waals surface area contributed by atoms with Gasteiger partial charge in [-0.25, -0.2) is 4.79 Å². The third-order valence-corrected chi connectivity index (χ3v) is 6.01. The van der Waals surface area contributed by atoms with Gasteiger partial charge in [-0.2, -0.15) is 0 Å². The Hall–Kier alpha value is -3.27. The number of rotatable bonds is 3. The monoisotopic (exact) mass is 372 g/mol. The Bertz CT molecular complexity index is 1070. The molecule has 140 valence electrons. The number of phenolic OH excluding ortho intramolecular Hbond substituents is 1. The van der Waals surface area contributed by atoms with Gasteiger partial charge in [-0.1, -0.05) is 24.3 Å². The van der Waals surface area contributed by atoms with Crippen molar-refractivity contribution in [2.75, 3.05) is 0 Å². The minimum Gasteiger partial charge on any atom is -0.508 e. The summed E-state index contributed by atoms with van der Waals surface area (Å²) in [5, 5.41) is 10.6. The molecule has 0 bridgehead atoms. The van der Waals surface area contributed by atoms with Gasteiger partial charge in [0.05, 0.1) is 12.5 Å². The van der Waals surface area contributed by atoms with Gasteiger partial charge in [0.1, 0.15) is 11.5 Å². The summed E-state index contributed by atoms with van der Waals surface area (Å²) >= 11 is 0. The summed E-state index contributed by atoms with van der Waals surface area (Å²) in [6.07, 6.45) is 9.89. The van der Waals surface area contributed by atoms with E-state index in [0.717, 1.165) is 42.4 Å². The molecule has 1 N–H and O–H groups in total. The molecule has 2 aliphatic rings. The van der Waals surface area contributed by atoms with E-state index >= 15 is 0 Å². The maximum atomic E-state index is 12.4. The van der Waals surface area contributed by atoms with E-state index in [1.807, 2.05) is 18.2 Å². The number of ether oxygens (including phenoxy) is 1. The number of aromatic hydroxyl groups is 1. The fourth-order valence-corrected chi connectivity index (χ4v) is 4.88. The summed E-state index contributed by atoms with van der Waals surface area (Å²) in [4.78, 5) is 12.4. The Labute approximate surface area is 163 Å². The molecule has 0 saturated carbocycles. The first-order valence-corrected chi connectivity index (χ1v) is 9.53. The lowest BCUT2D eigenvalue weighted by atomic mass is 9.76. The lowest BCUT2D eigenvalue weighted by Crippen LogP contribution is -2.23. The van der Waals surface area contributed by atoms with Crippen LogP contribution in [0.25, 0.3) is 6.08 Å². The zero-order valence-electron chi connectivity index (χ0n) is 15.4. The van der Waals surface area contributed by atoms with E-state index in [1.165, 1.54) is 17.2 Å². The van der Waals surface area contributed by atoms with Gasteiger partial charge in [0.15, 0.2) is 0 Å². The molecule has 0 radical (unpaired) electrons. The van der Waals surface area contributed by atoms with Crippen LogP contribution in [0.3, 0.4) is 0 Å². The number of aryl methyl sites for hydroxylation is 2. The Morgan fingerprint density at radius 2 is 1.79 bits per heavy atom. The third-order valence-electron chi connectivity index (χ3n) is 6.01. The van der Waals surface area contributed by atoms with E-state index < -0.39 is 5.97 Å². The highest BCUT2D eigenvalue weighted by Crippen LogP contribution is 2.57. The van der Waals surface area contributed by atoms with Crippen LogP contribution in [0.1, 0.15) is 40.7 Å². The van der Waals surface area contributed by atoms with Crippen LogP contribution < -0.4 is 4.74 Å². The highest BCUT2D eigenvalue weighted by atomic mass is 16.5. The van der Waals surface area contributed by atoms with Crippen molar-refractivity contribution in [3.05, 3.63) is 88.9 Å². The van der Waals surface area contributed by atoms with Gasteiger partial charge in [-0.15, -0.1) is 0 Å². The Morgan fingerprint density at radius 1 is 1.04 bits per heavy atom. The zero-order chi connectivity index (χ0) is 19.1. The molecule has 4 nitrogen and oxygen atoms in total. The van der Waals surface area contributed by atoms with Crippen molar-refractivity contribution in [3.8, 4) is 11.5 Å². The van der Waals surface area contributed by atoms with Gasteiger partial charge in [0.2, 0.25) is 0 Å². The average Bonchev–Trinajstić information content (AvgIpc) is 3.42. The average molecular weight is 372 g/mol. The van der Waals surface area contributed by atoms with E-state index in [9.17, 15) is 9.90 Å². The largest absolute Gasteiger partial charge is 0.508 e. The predicted octanol–water partition coefficient (Wildman–Crippen LogP) is 4.78. The topological polar surface area (TPSA) is 59.7 Å². The number of esters is 1. The van der Waals surface area contributed by atoms with Crippen LogP contribution in [0.4, 0.5) is 0 Å². The van der Waals surface area contributed by atoms with Gasteiger partial charge in [0, 0.05) is 28.2 Å². The molecule has 0 aliphatic heterocycles. The molecule has 0 unspecified atom stereocenters. The minimum absolute atomic E-state index is 0.277. The Kier molecular flexibility index (Phi) is 3.86. The molecule has 0 fully saturated rings. The first-order valence-electron chi connectivity index (χ1n) is 9.53. The molecule has 3 aromatic rings. The van der Waals surface area contributed by atoms with Crippen LogP contribution in [-0.4, -0.2) is 11.1 Å². The number of hydrogen-bond donors (Lipinski definition) is 1. The van der Waals surface area contributed by atoms with Gasteiger partial charge in [-0.3, -0.25) is 0 Å². The number of hydrogen-bond acceptors (Lipinski definition) is 4. The first-order chi connectivity index (χ1) is 13.7. The van der Waals surface area contributed by atoms with Gasteiger partial charge in [-0.05, 0) is 61.1 Å². The van der Waals surface area contributed by atoms with E-state index in [1.54, 1.807) is 30.7 Å². The number of carbonyl (C=O) groups is 1. The van der Waals surface area contributed by atoms with E-state index in [0.29, 0.717) is 11.5 Å². The van der Waals surface area contributed by atoms with Crippen LogP contribution in [0.15, 0.2) is 65.5 Å². The molecule has 28 heavy (non-hydrogen) atoms. The van der Waals surface area contributed by atoms with Crippen LogP contribution >= 0.6 is 0 Å². The number of fused-ring (bicyclic) bond motifs is 4. The van der Waals surface area contributed by atoms with Crippen molar-refractivity contribution in [1.82, 2.24) is 0 Å². The van der Waals surface area contributed by atoms with Crippen molar-refractivity contribution in [2.45, 2.75) is 31.1 Å². The molecule has 2 aromatic carbocycles. The zero-order valence-corrected chi connectivity index (χ0v) is 15.4. The Balaban J connectivity index is 1.53. The van der Waals surface area contributed by atoms with Crippen LogP contribution in [0.2, 0.25) is 0 Å². The van der Waals surface area contributed by atoms with Crippen molar-refractivity contribution >= 4 is 12.0 Å². The molecule has 0 saturated heterocycles. The maximum absolute atomic E-state index is 12.4. The fraction of sp³-hybridized carbons (Fsp3) is 0.208. The SMILES string of the molecule is O=C(/C=C/c1ccoc1)Oc1cccc2c1[C@]1(CCc3cccc(O)c31)CC2. The minimum atomic E-state index is -0.424. The van der Waals surface area contributed by atoms with Gasteiger partial charge in [0.25, 0.3) is 0 Å². The molecule has 1 spiro atoms. The van der Waals surface area contributed by atoms with E-state index in [2.05, 4.69) is 12.1 Å². The lowest BCUT2D eigenvalue weighted by molar-refractivity contribution is -0.128. The number of phenols is 1. The number of furan rings is 1. The molecule has 1 heterocycles. The lowest BCUT2D eigenvalue weighted by Gasteiger charge is -2.28. The third kappa shape index (κ3) is 2.56. The summed E-state index contributed by atoms with van der Waals surface area (Å²) in [5.74, 6) is 0.504. The summed E-state index contributed by atoms with van der Waals surface area (Å²) < 4.78 is 10.8. The molecule has 2 aliphatic carbocycles. The molecule has 0 amide bonds. The summed E-state index contributed by atoms with van der Waals surface area (Å²) in [6.45, 7) is 0. The molecule has 4 heteroatoms. The van der Waals surface area contributed by atoms with Crippen LogP contribution in [0.5, 0.6) is 11.5 Å². The summed E-state index contributed by atoms with van der Waals surface area (Å²) in [7, 11) is 0. The van der Waals surface area contributed by atoms with Crippen molar-refractivity contribution < 1.29 is 19.1 Å². The molecular formula is C24H20O4. The standard InChI is InChI=1S/C24H20O4/c25-19-5-1-3-17-9-12-24(22(17)19)13-10-18-4-2-6-20(23(18)24)28-21(26)8-7-16-11-14-27-15-16/h1-8,11,14-15,25H,9-10,12-13H2/b8-7+/t24-/m1/s1. The Morgan fingerprint density at radius 3 is 2.54 bits per heavy atom. The smallest absolute Gasteiger partial charge is 0.336 e. The van der Waals surface area contributed by atoms with Gasteiger partial charge < -0.3 is 14.3 Å². The summed E-state index contributed by atoms with van der Waals surface area (Å²) in [5.41, 5.74) is 4.98. The van der Waals surface area contributed by atoms with Crippen LogP contribution in [-0.2, 0) is 23.1 Å². The molecule has 5 rings (SSSR count). The van der Waals surface area contributed by atoms with Gasteiger partial charge >= 0.3 is 5.97 Å². The van der Waals surface area contributed by atoms with Crippen LogP contribution in [0, 0.1) is 0 Å². The second-order valence-electron chi connectivity index (χ2n) is 7.49. The first kappa shape index (κ1) is 16.9. The number of benzene rings is 2. The van der Waals surface area contributed by atoms with Crippen molar-refractivity contribution in [2.24, 2.45) is 0 Å². The second kappa shape index (κ2) is 6.41. The fourth-order valence-electron chi connectivity index (χ4n) is 4.88. The summed E-state index contributed by atoms with van der Waals surface area (Å²) in [6, 6.07) is 13.4. The van der Waals surface area contributed by atoms with E-state index in [-0.39, 0.29) is 5.41 Å². The second-order valence-corrected chi connectivity index (χ2v) is 7.49. The van der Waals surface area contributed by atoms with E-state index in [4.69, 9.17) is 9.15 Å². The predicted molar refractivity (Wildman–Crippen MR) is 105 cm³/mol. The quantitative estimate of drug-likeness (QED) is 0.408. The highest BCUT2D eigenvalue weighted by Gasteiger charge is 2.48.